The number of aromatic nitrogens is 1. The summed E-state index contributed by atoms with van der Waals surface area (Å²) >= 11 is 5.53. The van der Waals surface area contributed by atoms with Gasteiger partial charge in [-0.1, -0.05) is 5.16 Å². The standard InChI is InChI=1S/C9H7ClN2O3/c10-5-6-1-2-7(15-6)9(13)11-8-3-4-14-12-8/h1-4H,5H2,(H,11,12,13). The van der Waals surface area contributed by atoms with E-state index in [4.69, 9.17) is 16.0 Å². The maximum atomic E-state index is 11.5. The second kappa shape index (κ2) is 4.18. The summed E-state index contributed by atoms with van der Waals surface area (Å²) in [6.07, 6.45) is 1.36. The van der Waals surface area contributed by atoms with Crippen LogP contribution in [0.25, 0.3) is 0 Å². The number of nitrogens with zero attached hydrogens (tertiary/aromatic N) is 1. The number of hydrogen-bond donors (Lipinski definition) is 1. The Labute approximate surface area is 90.0 Å². The highest BCUT2D eigenvalue weighted by molar-refractivity contribution is 6.16. The zero-order valence-electron chi connectivity index (χ0n) is 7.57. The molecule has 0 aliphatic heterocycles. The zero-order chi connectivity index (χ0) is 10.7. The molecular formula is C9H7ClN2O3. The van der Waals surface area contributed by atoms with Crippen LogP contribution in [-0.2, 0) is 5.88 Å². The predicted octanol–water partition coefficient (Wildman–Crippen LogP) is 2.26. The summed E-state index contributed by atoms with van der Waals surface area (Å²) < 4.78 is 9.70. The van der Waals surface area contributed by atoms with Crippen molar-refractivity contribution in [3.05, 3.63) is 36.0 Å². The molecule has 1 amide bonds. The molecule has 0 fully saturated rings. The Bertz CT molecular complexity index is 450. The molecule has 2 rings (SSSR count). The number of amides is 1. The molecule has 0 unspecified atom stereocenters. The van der Waals surface area contributed by atoms with E-state index in [0.717, 1.165) is 0 Å². The van der Waals surface area contributed by atoms with Crippen molar-refractivity contribution in [2.75, 3.05) is 5.32 Å². The molecule has 0 bridgehead atoms. The quantitative estimate of drug-likeness (QED) is 0.815. The number of halogens is 1. The third kappa shape index (κ3) is 2.19. The second-order valence-electron chi connectivity index (χ2n) is 2.74. The number of carbonyl (C=O) groups is 1. The highest BCUT2D eigenvalue weighted by atomic mass is 35.5. The Morgan fingerprint density at radius 2 is 2.33 bits per heavy atom. The Balaban J connectivity index is 2.08. The molecule has 5 nitrogen and oxygen atoms in total. The molecule has 0 saturated heterocycles. The van der Waals surface area contributed by atoms with Gasteiger partial charge in [0.25, 0.3) is 5.91 Å². The first-order valence-electron chi connectivity index (χ1n) is 4.16. The summed E-state index contributed by atoms with van der Waals surface area (Å²) in [6, 6.07) is 4.72. The second-order valence-corrected chi connectivity index (χ2v) is 3.01. The Morgan fingerprint density at radius 1 is 1.47 bits per heavy atom. The Hall–Kier alpha value is -1.75. The van der Waals surface area contributed by atoms with E-state index >= 15 is 0 Å². The average molecular weight is 227 g/mol. The van der Waals surface area contributed by atoms with Crippen molar-refractivity contribution in [2.24, 2.45) is 0 Å². The van der Waals surface area contributed by atoms with Crippen molar-refractivity contribution in [3.8, 4) is 0 Å². The van der Waals surface area contributed by atoms with Gasteiger partial charge in [0, 0.05) is 6.07 Å². The molecule has 2 aromatic heterocycles. The Kier molecular flexibility index (Phi) is 2.73. The summed E-state index contributed by atoms with van der Waals surface area (Å²) in [5, 5.41) is 6.03. The lowest BCUT2D eigenvalue weighted by atomic mass is 10.4. The van der Waals surface area contributed by atoms with E-state index in [1.807, 2.05) is 0 Å². The van der Waals surface area contributed by atoms with Crippen LogP contribution in [0.1, 0.15) is 16.3 Å². The van der Waals surface area contributed by atoms with Crippen LogP contribution in [0.5, 0.6) is 0 Å². The summed E-state index contributed by atoms with van der Waals surface area (Å²) in [6.45, 7) is 0. The summed E-state index contributed by atoms with van der Waals surface area (Å²) in [5.41, 5.74) is 0. The predicted molar refractivity (Wildman–Crippen MR) is 52.7 cm³/mol. The van der Waals surface area contributed by atoms with Crippen LogP contribution < -0.4 is 5.32 Å². The number of alkyl halides is 1. The largest absolute Gasteiger partial charge is 0.455 e. The van der Waals surface area contributed by atoms with Crippen LogP contribution in [0.15, 0.2) is 33.4 Å². The van der Waals surface area contributed by atoms with Crippen LogP contribution in [0.2, 0.25) is 0 Å². The zero-order valence-corrected chi connectivity index (χ0v) is 8.32. The number of nitrogens with one attached hydrogen (secondary N) is 1. The first-order chi connectivity index (χ1) is 7.29. The topological polar surface area (TPSA) is 68.3 Å². The molecule has 78 valence electrons. The molecule has 0 spiro atoms. The molecule has 0 aliphatic carbocycles. The third-order valence-corrected chi connectivity index (χ3v) is 1.96. The molecule has 1 N–H and O–H groups in total. The van der Waals surface area contributed by atoms with Gasteiger partial charge in [-0.3, -0.25) is 4.79 Å². The van der Waals surface area contributed by atoms with E-state index in [9.17, 15) is 4.79 Å². The van der Waals surface area contributed by atoms with Crippen molar-refractivity contribution in [3.63, 3.8) is 0 Å². The molecule has 0 aliphatic rings. The lowest BCUT2D eigenvalue weighted by Gasteiger charge is -1.96. The molecule has 2 aromatic rings. The van der Waals surface area contributed by atoms with Gasteiger partial charge in [-0.2, -0.15) is 0 Å². The first-order valence-corrected chi connectivity index (χ1v) is 4.69. The van der Waals surface area contributed by atoms with Crippen LogP contribution in [0.3, 0.4) is 0 Å². The van der Waals surface area contributed by atoms with Crippen LogP contribution in [0, 0.1) is 0 Å². The molecule has 0 radical (unpaired) electrons. The highest BCUT2D eigenvalue weighted by Crippen LogP contribution is 2.12. The lowest BCUT2D eigenvalue weighted by molar-refractivity contribution is 0.0994. The van der Waals surface area contributed by atoms with Crippen molar-refractivity contribution in [1.29, 1.82) is 0 Å². The van der Waals surface area contributed by atoms with E-state index in [1.54, 1.807) is 12.1 Å². The molecule has 0 atom stereocenters. The van der Waals surface area contributed by atoms with Crippen LogP contribution in [0.4, 0.5) is 5.82 Å². The average Bonchev–Trinajstić information content (AvgIpc) is 2.86. The molecule has 2 heterocycles. The fourth-order valence-corrected chi connectivity index (χ4v) is 1.17. The molecule has 0 aromatic carbocycles. The van der Waals surface area contributed by atoms with Crippen molar-refractivity contribution >= 4 is 23.3 Å². The van der Waals surface area contributed by atoms with E-state index in [2.05, 4.69) is 15.0 Å². The lowest BCUT2D eigenvalue weighted by Crippen LogP contribution is -2.10. The number of rotatable bonds is 3. The number of furan rings is 1. The van der Waals surface area contributed by atoms with Crippen molar-refractivity contribution in [2.45, 2.75) is 5.88 Å². The summed E-state index contributed by atoms with van der Waals surface area (Å²) in [7, 11) is 0. The monoisotopic (exact) mass is 226 g/mol. The summed E-state index contributed by atoms with van der Waals surface area (Å²) in [5.74, 6) is 0.914. The molecular weight excluding hydrogens is 220 g/mol. The minimum atomic E-state index is -0.389. The molecule has 0 saturated carbocycles. The van der Waals surface area contributed by atoms with Gasteiger partial charge in [-0.25, -0.2) is 0 Å². The van der Waals surface area contributed by atoms with Gasteiger partial charge in [0.15, 0.2) is 11.6 Å². The third-order valence-electron chi connectivity index (χ3n) is 1.70. The smallest absolute Gasteiger partial charge is 0.292 e. The van der Waals surface area contributed by atoms with Gasteiger partial charge in [0.1, 0.15) is 12.0 Å². The fourth-order valence-electron chi connectivity index (χ4n) is 1.03. The minimum absolute atomic E-state index is 0.189. The maximum Gasteiger partial charge on any atom is 0.292 e. The van der Waals surface area contributed by atoms with Crippen molar-refractivity contribution < 1.29 is 13.7 Å². The SMILES string of the molecule is O=C(Nc1ccon1)c1ccc(CCl)o1. The molecule has 6 heteroatoms. The van der Waals surface area contributed by atoms with Gasteiger partial charge in [0.2, 0.25) is 0 Å². The van der Waals surface area contributed by atoms with Crippen LogP contribution >= 0.6 is 11.6 Å². The van der Waals surface area contributed by atoms with E-state index in [1.165, 1.54) is 12.3 Å². The van der Waals surface area contributed by atoms with Gasteiger partial charge in [-0.15, -0.1) is 11.6 Å². The number of carbonyl (C=O) groups excluding carboxylic acids is 1. The number of hydrogen-bond acceptors (Lipinski definition) is 4. The van der Waals surface area contributed by atoms with Gasteiger partial charge in [0.05, 0.1) is 5.88 Å². The van der Waals surface area contributed by atoms with Crippen molar-refractivity contribution in [1.82, 2.24) is 5.16 Å². The fraction of sp³-hybridized carbons (Fsp3) is 0.111. The normalized spacial score (nSPS) is 10.2. The van der Waals surface area contributed by atoms with Gasteiger partial charge in [-0.05, 0) is 12.1 Å². The van der Waals surface area contributed by atoms with E-state index in [0.29, 0.717) is 11.6 Å². The van der Waals surface area contributed by atoms with E-state index < -0.39 is 0 Å². The molecule has 15 heavy (non-hydrogen) atoms. The van der Waals surface area contributed by atoms with Gasteiger partial charge < -0.3 is 14.3 Å². The maximum absolute atomic E-state index is 11.5. The first kappa shape index (κ1) is 9.79. The summed E-state index contributed by atoms with van der Waals surface area (Å²) in [4.78, 5) is 11.5. The van der Waals surface area contributed by atoms with Crippen LogP contribution in [-0.4, -0.2) is 11.1 Å². The van der Waals surface area contributed by atoms with E-state index in [-0.39, 0.29) is 17.5 Å². The minimum Gasteiger partial charge on any atom is -0.455 e. The highest BCUT2D eigenvalue weighted by Gasteiger charge is 2.11. The number of anilines is 1. The Morgan fingerprint density at radius 3 is 2.93 bits per heavy atom. The van der Waals surface area contributed by atoms with Gasteiger partial charge >= 0.3 is 0 Å².